The van der Waals surface area contributed by atoms with Crippen molar-refractivity contribution in [3.63, 3.8) is 0 Å². The van der Waals surface area contributed by atoms with Crippen LogP contribution in [-0.2, 0) is 4.79 Å². The zero-order valence-electron chi connectivity index (χ0n) is 11.6. The first-order valence-electron chi connectivity index (χ1n) is 6.49. The Morgan fingerprint density at radius 3 is 2.63 bits per heavy atom. The van der Waals surface area contributed by atoms with Crippen molar-refractivity contribution < 1.29 is 9.18 Å². The van der Waals surface area contributed by atoms with Gasteiger partial charge in [-0.2, -0.15) is 0 Å². The largest absolute Gasteiger partial charge is 0.371 e. The molecule has 2 rings (SSSR count). The summed E-state index contributed by atoms with van der Waals surface area (Å²) in [4.78, 5) is 16.1. The monoisotopic (exact) mass is 265 g/mol. The lowest BCUT2D eigenvalue weighted by atomic mass is 10.0. The number of likely N-dealkylation sites (N-methyl/N-ethyl adjacent to an activating group) is 1. The highest BCUT2D eigenvalue weighted by Crippen LogP contribution is 2.33. The Morgan fingerprint density at radius 2 is 2.00 bits per heavy atom. The van der Waals surface area contributed by atoms with E-state index < -0.39 is 0 Å². The number of amides is 1. The normalized spacial score (nSPS) is 17.9. The van der Waals surface area contributed by atoms with Crippen LogP contribution in [0.25, 0.3) is 0 Å². The van der Waals surface area contributed by atoms with Gasteiger partial charge in [-0.15, -0.1) is 0 Å². The zero-order valence-corrected chi connectivity index (χ0v) is 11.6. The van der Waals surface area contributed by atoms with Gasteiger partial charge in [0.25, 0.3) is 0 Å². The molecule has 2 unspecified atom stereocenters. The molecule has 0 spiro atoms. The third kappa shape index (κ3) is 2.56. The summed E-state index contributed by atoms with van der Waals surface area (Å²) in [5.74, 6) is -0.544. The molecule has 0 aromatic heterocycles. The lowest BCUT2D eigenvalue weighted by Crippen LogP contribution is -2.47. The third-order valence-electron chi connectivity index (χ3n) is 3.74. The molecular formula is C14H20FN3O. The third-order valence-corrected chi connectivity index (χ3v) is 3.74. The molecule has 0 bridgehead atoms. The molecular weight excluding hydrogens is 245 g/mol. The topological polar surface area (TPSA) is 49.6 Å². The summed E-state index contributed by atoms with van der Waals surface area (Å²) in [5.41, 5.74) is 7.30. The van der Waals surface area contributed by atoms with Crippen molar-refractivity contribution in [1.82, 2.24) is 0 Å². The van der Waals surface area contributed by atoms with E-state index in [0.29, 0.717) is 13.1 Å². The standard InChI is InChI=1S/C14H20FN3O/c1-9(10(2)16)14(19)18-7-6-17(3)13-8-11(15)4-5-12(13)18/h4-5,8-10H,6-7,16H2,1-3H3. The fourth-order valence-corrected chi connectivity index (χ4v) is 2.22. The second-order valence-corrected chi connectivity index (χ2v) is 5.19. The Balaban J connectivity index is 2.36. The maximum atomic E-state index is 13.3. The maximum absolute atomic E-state index is 13.3. The number of fused-ring (bicyclic) bond motifs is 1. The Labute approximate surface area is 113 Å². The second kappa shape index (κ2) is 5.17. The fraction of sp³-hybridized carbons (Fsp3) is 0.500. The van der Waals surface area contributed by atoms with E-state index in [0.717, 1.165) is 11.4 Å². The Kier molecular flexibility index (Phi) is 3.75. The Morgan fingerprint density at radius 1 is 1.32 bits per heavy atom. The molecule has 1 amide bonds. The highest BCUT2D eigenvalue weighted by Gasteiger charge is 2.29. The molecule has 5 heteroatoms. The summed E-state index contributed by atoms with van der Waals surface area (Å²) in [5, 5.41) is 0. The van der Waals surface area contributed by atoms with E-state index in [1.54, 1.807) is 11.0 Å². The number of nitrogens with two attached hydrogens (primary N) is 1. The molecule has 1 aliphatic rings. The fourth-order valence-electron chi connectivity index (χ4n) is 2.22. The molecule has 0 aliphatic carbocycles. The highest BCUT2D eigenvalue weighted by molar-refractivity contribution is 5.99. The van der Waals surface area contributed by atoms with Gasteiger partial charge in [0.05, 0.1) is 17.3 Å². The van der Waals surface area contributed by atoms with Crippen molar-refractivity contribution in [2.75, 3.05) is 29.9 Å². The molecule has 104 valence electrons. The number of halogens is 1. The molecule has 2 N–H and O–H groups in total. The molecule has 0 saturated heterocycles. The van der Waals surface area contributed by atoms with E-state index in [1.165, 1.54) is 12.1 Å². The molecule has 0 fully saturated rings. The summed E-state index contributed by atoms with van der Waals surface area (Å²) in [6.07, 6.45) is 0. The average Bonchev–Trinajstić information content (AvgIpc) is 2.38. The number of hydrogen-bond acceptors (Lipinski definition) is 3. The lowest BCUT2D eigenvalue weighted by Gasteiger charge is -2.37. The van der Waals surface area contributed by atoms with Gasteiger partial charge < -0.3 is 15.5 Å². The molecule has 1 aromatic carbocycles. The van der Waals surface area contributed by atoms with Gasteiger partial charge >= 0.3 is 0 Å². The molecule has 19 heavy (non-hydrogen) atoms. The van der Waals surface area contributed by atoms with E-state index in [9.17, 15) is 9.18 Å². The number of hydrogen-bond donors (Lipinski definition) is 1. The van der Waals surface area contributed by atoms with Crippen molar-refractivity contribution in [3.05, 3.63) is 24.0 Å². The van der Waals surface area contributed by atoms with E-state index in [4.69, 9.17) is 5.73 Å². The number of anilines is 2. The lowest BCUT2D eigenvalue weighted by molar-refractivity contribution is -0.122. The van der Waals surface area contributed by atoms with Crippen LogP contribution in [0, 0.1) is 11.7 Å². The molecule has 4 nitrogen and oxygen atoms in total. The zero-order chi connectivity index (χ0) is 14.2. The summed E-state index contributed by atoms with van der Waals surface area (Å²) in [7, 11) is 1.90. The molecule has 0 radical (unpaired) electrons. The van der Waals surface area contributed by atoms with Gasteiger partial charge in [-0.1, -0.05) is 6.92 Å². The minimum Gasteiger partial charge on any atom is -0.371 e. The van der Waals surface area contributed by atoms with Crippen LogP contribution in [0.3, 0.4) is 0 Å². The van der Waals surface area contributed by atoms with Gasteiger partial charge in [0.1, 0.15) is 5.82 Å². The average molecular weight is 265 g/mol. The van der Waals surface area contributed by atoms with Crippen LogP contribution in [0.1, 0.15) is 13.8 Å². The summed E-state index contributed by atoms with van der Waals surface area (Å²) >= 11 is 0. The highest BCUT2D eigenvalue weighted by atomic mass is 19.1. The quantitative estimate of drug-likeness (QED) is 0.883. The van der Waals surface area contributed by atoms with Gasteiger partial charge in [0, 0.05) is 26.2 Å². The number of carbonyl (C=O) groups is 1. The van der Waals surface area contributed by atoms with Crippen molar-refractivity contribution in [2.45, 2.75) is 19.9 Å². The van der Waals surface area contributed by atoms with Gasteiger partial charge in [-0.3, -0.25) is 4.79 Å². The molecule has 1 heterocycles. The van der Waals surface area contributed by atoms with Crippen LogP contribution in [0.5, 0.6) is 0 Å². The van der Waals surface area contributed by atoms with E-state index in [2.05, 4.69) is 0 Å². The smallest absolute Gasteiger partial charge is 0.231 e. The van der Waals surface area contributed by atoms with Crippen molar-refractivity contribution in [3.8, 4) is 0 Å². The van der Waals surface area contributed by atoms with Crippen molar-refractivity contribution in [2.24, 2.45) is 11.7 Å². The number of rotatable bonds is 2. The number of carbonyl (C=O) groups excluding carboxylic acids is 1. The van der Waals surface area contributed by atoms with E-state index in [1.807, 2.05) is 25.8 Å². The Bertz CT molecular complexity index is 490. The van der Waals surface area contributed by atoms with Crippen LogP contribution in [0.4, 0.5) is 15.8 Å². The van der Waals surface area contributed by atoms with Crippen molar-refractivity contribution in [1.29, 1.82) is 0 Å². The van der Waals surface area contributed by atoms with Crippen LogP contribution < -0.4 is 15.5 Å². The first-order valence-corrected chi connectivity index (χ1v) is 6.49. The van der Waals surface area contributed by atoms with Crippen LogP contribution >= 0.6 is 0 Å². The number of nitrogens with zero attached hydrogens (tertiary/aromatic N) is 2. The molecule has 0 saturated carbocycles. The summed E-state index contributed by atoms with van der Waals surface area (Å²) in [6.45, 7) is 4.94. The predicted molar refractivity (Wildman–Crippen MR) is 74.8 cm³/mol. The summed E-state index contributed by atoms with van der Waals surface area (Å²) < 4.78 is 13.3. The molecule has 1 aliphatic heterocycles. The number of benzene rings is 1. The molecule has 1 aromatic rings. The Hall–Kier alpha value is -1.62. The van der Waals surface area contributed by atoms with Crippen LogP contribution in [0.2, 0.25) is 0 Å². The van der Waals surface area contributed by atoms with E-state index in [-0.39, 0.29) is 23.7 Å². The molecule has 2 atom stereocenters. The van der Waals surface area contributed by atoms with Crippen LogP contribution in [0.15, 0.2) is 18.2 Å². The van der Waals surface area contributed by atoms with Gasteiger partial charge in [-0.05, 0) is 25.1 Å². The maximum Gasteiger partial charge on any atom is 0.231 e. The second-order valence-electron chi connectivity index (χ2n) is 5.19. The SMILES string of the molecule is CC(N)C(C)C(=O)N1CCN(C)c2cc(F)ccc21. The van der Waals surface area contributed by atoms with Gasteiger partial charge in [0.15, 0.2) is 0 Å². The first kappa shape index (κ1) is 13.8. The van der Waals surface area contributed by atoms with E-state index >= 15 is 0 Å². The van der Waals surface area contributed by atoms with Gasteiger partial charge in [-0.25, -0.2) is 4.39 Å². The minimum absolute atomic E-state index is 0.00374. The minimum atomic E-state index is -0.292. The van der Waals surface area contributed by atoms with Crippen LogP contribution in [-0.4, -0.2) is 32.1 Å². The predicted octanol–water partition coefficient (Wildman–Crippen LogP) is 1.59. The van der Waals surface area contributed by atoms with Gasteiger partial charge in [0.2, 0.25) is 5.91 Å². The first-order chi connectivity index (χ1) is 8.91. The summed E-state index contributed by atoms with van der Waals surface area (Å²) in [6, 6.07) is 4.31. The van der Waals surface area contributed by atoms with Crippen molar-refractivity contribution >= 4 is 17.3 Å².